The van der Waals surface area contributed by atoms with Crippen molar-refractivity contribution in [3.8, 4) is 0 Å². The first-order chi connectivity index (χ1) is 18.1. The first-order valence-corrected chi connectivity index (χ1v) is 13.4. The molecule has 1 unspecified atom stereocenters. The summed E-state index contributed by atoms with van der Waals surface area (Å²) in [5.41, 5.74) is 9.32. The van der Waals surface area contributed by atoms with Gasteiger partial charge in [0.25, 0.3) is 0 Å². The minimum atomic E-state index is -1.10. The Labute approximate surface area is 235 Å². The summed E-state index contributed by atoms with van der Waals surface area (Å²) in [4.78, 5) is 43.8. The molecule has 2 aromatic carbocycles. The van der Waals surface area contributed by atoms with Crippen molar-refractivity contribution in [2.45, 2.75) is 69.5 Å². The number of likely N-dealkylation sites (tertiary alicyclic amines) is 1. The van der Waals surface area contributed by atoms with Crippen LogP contribution in [0.1, 0.15) is 62.8 Å². The standard InChI is InChI=1S/C30H37N5O3.ClH/c1-19(36)33-26-17-30(23-10-6-4-9-22(23)26)12-14-35(15-13-30)27(37)25(34-28(38)29(2,3)31)16-20-18-32-24-11-7-5-8-21(20)24;/h4-11,18,25-26,32H,12-17,31H2,1-3H3,(H,33,36)(H,34,38);1H/t25?,26-;/m1./s1. The van der Waals surface area contributed by atoms with Crippen LogP contribution in [0.3, 0.4) is 0 Å². The lowest BCUT2D eigenvalue weighted by Crippen LogP contribution is -2.58. The normalized spacial score (nSPS) is 18.8. The van der Waals surface area contributed by atoms with Crippen LogP contribution < -0.4 is 16.4 Å². The summed E-state index contributed by atoms with van der Waals surface area (Å²) in [7, 11) is 0. The largest absolute Gasteiger partial charge is 0.361 e. The van der Waals surface area contributed by atoms with Crippen molar-refractivity contribution in [2.24, 2.45) is 5.73 Å². The van der Waals surface area contributed by atoms with Gasteiger partial charge in [-0.15, -0.1) is 12.4 Å². The summed E-state index contributed by atoms with van der Waals surface area (Å²) in [5.74, 6) is -0.479. The number of nitrogens with zero attached hydrogens (tertiary/aromatic N) is 1. The molecule has 208 valence electrons. The Hall–Kier alpha value is -3.36. The summed E-state index contributed by atoms with van der Waals surface area (Å²) in [6, 6.07) is 15.5. The van der Waals surface area contributed by atoms with Crippen LogP contribution >= 0.6 is 12.4 Å². The summed E-state index contributed by atoms with van der Waals surface area (Å²) in [6.45, 7) is 6.02. The van der Waals surface area contributed by atoms with E-state index in [0.29, 0.717) is 19.5 Å². The Kier molecular flexibility index (Phi) is 8.09. The first-order valence-electron chi connectivity index (χ1n) is 13.4. The Morgan fingerprint density at radius 1 is 1.10 bits per heavy atom. The molecule has 1 saturated heterocycles. The third-order valence-corrected chi connectivity index (χ3v) is 8.20. The number of nitrogens with two attached hydrogens (primary N) is 1. The Balaban J connectivity index is 0.00000353. The number of benzene rings is 2. The van der Waals surface area contributed by atoms with E-state index < -0.39 is 11.6 Å². The minimum Gasteiger partial charge on any atom is -0.361 e. The van der Waals surface area contributed by atoms with Gasteiger partial charge in [0.1, 0.15) is 6.04 Å². The van der Waals surface area contributed by atoms with E-state index in [2.05, 4.69) is 33.8 Å². The number of piperidine rings is 1. The first kappa shape index (κ1) is 28.6. The molecule has 1 spiro atoms. The Bertz CT molecular complexity index is 1370. The lowest BCUT2D eigenvalue weighted by Gasteiger charge is -2.41. The number of nitrogens with one attached hydrogen (secondary N) is 3. The molecular formula is C30H38ClN5O3. The van der Waals surface area contributed by atoms with Crippen molar-refractivity contribution in [2.75, 3.05) is 13.1 Å². The number of halogens is 1. The highest BCUT2D eigenvalue weighted by Gasteiger charge is 2.46. The maximum atomic E-state index is 13.9. The number of rotatable bonds is 6. The Morgan fingerprint density at radius 2 is 1.77 bits per heavy atom. The lowest BCUT2D eigenvalue weighted by atomic mass is 9.73. The van der Waals surface area contributed by atoms with Crippen LogP contribution in [-0.4, -0.2) is 52.3 Å². The van der Waals surface area contributed by atoms with Crippen molar-refractivity contribution >= 4 is 41.0 Å². The molecule has 39 heavy (non-hydrogen) atoms. The van der Waals surface area contributed by atoms with E-state index in [4.69, 9.17) is 5.73 Å². The summed E-state index contributed by atoms with van der Waals surface area (Å²) in [5, 5.41) is 7.10. The number of aromatic nitrogens is 1. The molecule has 0 radical (unpaired) electrons. The average Bonchev–Trinajstić information content (AvgIpc) is 3.42. The summed E-state index contributed by atoms with van der Waals surface area (Å²) < 4.78 is 0. The van der Waals surface area contributed by atoms with Gasteiger partial charge in [-0.2, -0.15) is 0 Å². The van der Waals surface area contributed by atoms with Gasteiger partial charge >= 0.3 is 0 Å². The number of para-hydroxylation sites is 1. The van der Waals surface area contributed by atoms with Crippen LogP contribution in [0.4, 0.5) is 0 Å². The second-order valence-corrected chi connectivity index (χ2v) is 11.5. The highest BCUT2D eigenvalue weighted by atomic mass is 35.5. The number of aromatic amines is 1. The monoisotopic (exact) mass is 551 g/mol. The zero-order valence-electron chi connectivity index (χ0n) is 22.8. The average molecular weight is 552 g/mol. The van der Waals surface area contributed by atoms with Gasteiger partial charge < -0.3 is 26.3 Å². The van der Waals surface area contributed by atoms with E-state index in [9.17, 15) is 14.4 Å². The second kappa shape index (κ2) is 11.0. The molecule has 1 aliphatic heterocycles. The highest BCUT2D eigenvalue weighted by molar-refractivity contribution is 5.92. The molecule has 1 aromatic heterocycles. The molecule has 9 heteroatoms. The SMILES string of the molecule is CC(=O)N[C@@H]1CC2(CCN(C(=O)C(Cc3c[nH]c4ccccc34)NC(=O)C(C)(C)N)CC2)c2ccccc21.Cl. The van der Waals surface area contributed by atoms with Crippen molar-refractivity contribution in [1.82, 2.24) is 20.5 Å². The predicted molar refractivity (Wildman–Crippen MR) is 155 cm³/mol. The van der Waals surface area contributed by atoms with Crippen LogP contribution in [0, 0.1) is 0 Å². The predicted octanol–water partition coefficient (Wildman–Crippen LogP) is 3.50. The van der Waals surface area contributed by atoms with Crippen molar-refractivity contribution in [3.05, 3.63) is 71.4 Å². The van der Waals surface area contributed by atoms with Gasteiger partial charge in [-0.1, -0.05) is 42.5 Å². The van der Waals surface area contributed by atoms with Crippen molar-refractivity contribution in [3.63, 3.8) is 0 Å². The summed E-state index contributed by atoms with van der Waals surface area (Å²) >= 11 is 0. The van der Waals surface area contributed by atoms with E-state index in [0.717, 1.165) is 35.7 Å². The number of fused-ring (bicyclic) bond motifs is 3. The van der Waals surface area contributed by atoms with Gasteiger partial charge in [0.05, 0.1) is 11.6 Å². The van der Waals surface area contributed by atoms with Crippen LogP contribution in [0.15, 0.2) is 54.7 Å². The molecule has 0 bridgehead atoms. The molecular weight excluding hydrogens is 514 g/mol. The molecule has 1 fully saturated rings. The van der Waals surface area contributed by atoms with E-state index in [1.807, 2.05) is 41.4 Å². The molecule has 2 heterocycles. The van der Waals surface area contributed by atoms with Gasteiger partial charge in [-0.05, 0) is 55.9 Å². The topological polar surface area (TPSA) is 120 Å². The summed E-state index contributed by atoms with van der Waals surface area (Å²) in [6.07, 6.45) is 4.74. The third-order valence-electron chi connectivity index (χ3n) is 8.20. The maximum absolute atomic E-state index is 13.9. The van der Waals surface area contributed by atoms with Crippen molar-refractivity contribution < 1.29 is 14.4 Å². The lowest BCUT2D eigenvalue weighted by molar-refractivity contribution is -0.138. The highest BCUT2D eigenvalue weighted by Crippen LogP contribution is 2.50. The smallest absolute Gasteiger partial charge is 0.245 e. The van der Waals surface area contributed by atoms with Crippen LogP contribution in [0.2, 0.25) is 0 Å². The van der Waals surface area contributed by atoms with Crippen LogP contribution in [-0.2, 0) is 26.2 Å². The number of hydrogen-bond acceptors (Lipinski definition) is 4. The molecule has 2 atom stereocenters. The minimum absolute atomic E-state index is 0. The number of carbonyl (C=O) groups is 3. The zero-order valence-corrected chi connectivity index (χ0v) is 23.6. The van der Waals surface area contributed by atoms with Gasteiger partial charge in [0.2, 0.25) is 17.7 Å². The van der Waals surface area contributed by atoms with E-state index >= 15 is 0 Å². The number of amides is 3. The van der Waals surface area contributed by atoms with E-state index in [1.165, 1.54) is 11.1 Å². The molecule has 5 rings (SSSR count). The van der Waals surface area contributed by atoms with Gasteiger partial charge in [-0.3, -0.25) is 14.4 Å². The number of hydrogen-bond donors (Lipinski definition) is 4. The molecule has 3 aromatic rings. The number of H-pyrrole nitrogens is 1. The molecule has 2 aliphatic rings. The van der Waals surface area contributed by atoms with Gasteiger partial charge in [0.15, 0.2) is 0 Å². The van der Waals surface area contributed by atoms with E-state index in [1.54, 1.807) is 20.8 Å². The molecule has 5 N–H and O–H groups in total. The molecule has 1 aliphatic carbocycles. The van der Waals surface area contributed by atoms with Gasteiger partial charge in [0, 0.05) is 48.9 Å². The molecule has 3 amide bonds. The van der Waals surface area contributed by atoms with Gasteiger partial charge in [-0.25, -0.2) is 0 Å². The fourth-order valence-electron chi connectivity index (χ4n) is 6.18. The fraction of sp³-hybridized carbons (Fsp3) is 0.433. The van der Waals surface area contributed by atoms with Crippen molar-refractivity contribution in [1.29, 1.82) is 0 Å². The Morgan fingerprint density at radius 3 is 2.46 bits per heavy atom. The third kappa shape index (κ3) is 5.68. The molecule has 8 nitrogen and oxygen atoms in total. The molecule has 0 saturated carbocycles. The quantitative estimate of drug-likeness (QED) is 0.375. The second-order valence-electron chi connectivity index (χ2n) is 11.5. The van der Waals surface area contributed by atoms with Crippen LogP contribution in [0.25, 0.3) is 10.9 Å². The zero-order chi connectivity index (χ0) is 27.1. The van der Waals surface area contributed by atoms with E-state index in [-0.39, 0.29) is 41.6 Å². The maximum Gasteiger partial charge on any atom is 0.245 e. The van der Waals surface area contributed by atoms with Crippen LogP contribution in [0.5, 0.6) is 0 Å². The fourth-order valence-corrected chi connectivity index (χ4v) is 6.18. The number of carbonyl (C=O) groups excluding carboxylic acids is 3.